The van der Waals surface area contributed by atoms with Gasteiger partial charge in [-0.25, -0.2) is 0 Å². The maximum atomic E-state index is 2.64. The quantitative estimate of drug-likeness (QED) is 0.546. The highest BCUT2D eigenvalue weighted by Crippen LogP contribution is 2.52. The summed E-state index contributed by atoms with van der Waals surface area (Å²) in [6.07, 6.45) is 9.17. The first-order valence-electron chi connectivity index (χ1n) is 8.30. The molecule has 0 saturated heterocycles. The van der Waals surface area contributed by atoms with E-state index in [1.54, 1.807) is 11.1 Å². The normalized spacial score (nSPS) is 43.7. The second-order valence-electron chi connectivity index (χ2n) is 7.29. The zero-order valence-corrected chi connectivity index (χ0v) is 13.7. The van der Waals surface area contributed by atoms with Crippen molar-refractivity contribution in [2.75, 3.05) is 0 Å². The van der Waals surface area contributed by atoms with E-state index in [1.165, 1.54) is 19.3 Å². The van der Waals surface area contributed by atoms with Crippen LogP contribution in [0.3, 0.4) is 0 Å². The second-order valence-corrected chi connectivity index (χ2v) is 7.29. The fourth-order valence-corrected chi connectivity index (χ4v) is 5.24. The smallest absolute Gasteiger partial charge is 0.00325 e. The van der Waals surface area contributed by atoms with Crippen LogP contribution in [0.1, 0.15) is 60.8 Å². The van der Waals surface area contributed by atoms with Crippen LogP contribution in [0, 0.1) is 35.5 Å². The summed E-state index contributed by atoms with van der Waals surface area (Å²) in [7, 11) is 0. The Labute approximate surface area is 120 Å². The van der Waals surface area contributed by atoms with Gasteiger partial charge in [0.05, 0.1) is 0 Å². The Balaban J connectivity index is 2.38. The lowest BCUT2D eigenvalue weighted by Gasteiger charge is -2.49. The molecule has 19 heavy (non-hydrogen) atoms. The zero-order chi connectivity index (χ0) is 14.2. The number of fused-ring (bicyclic) bond motifs is 1. The highest BCUT2D eigenvalue weighted by molar-refractivity contribution is 5.25. The van der Waals surface area contributed by atoms with Gasteiger partial charge in [-0.3, -0.25) is 0 Å². The molecule has 0 bridgehead atoms. The van der Waals surface area contributed by atoms with Crippen LogP contribution >= 0.6 is 0 Å². The molecule has 1 fully saturated rings. The molecule has 0 amide bonds. The van der Waals surface area contributed by atoms with Gasteiger partial charge in [0.1, 0.15) is 0 Å². The van der Waals surface area contributed by atoms with E-state index in [-0.39, 0.29) is 0 Å². The van der Waals surface area contributed by atoms with Crippen LogP contribution in [0.4, 0.5) is 0 Å². The van der Waals surface area contributed by atoms with Crippen LogP contribution in [-0.2, 0) is 0 Å². The predicted molar refractivity (Wildman–Crippen MR) is 85.0 cm³/mol. The van der Waals surface area contributed by atoms with Crippen molar-refractivity contribution in [3.63, 3.8) is 0 Å². The Morgan fingerprint density at radius 1 is 1.32 bits per heavy atom. The molecule has 2 aliphatic rings. The fourth-order valence-electron chi connectivity index (χ4n) is 5.24. The number of rotatable bonds is 2. The Morgan fingerprint density at radius 2 is 2.00 bits per heavy atom. The van der Waals surface area contributed by atoms with Crippen molar-refractivity contribution in [1.29, 1.82) is 0 Å². The average molecular weight is 260 g/mol. The summed E-state index contributed by atoms with van der Waals surface area (Å²) >= 11 is 0. The molecule has 0 unspecified atom stereocenters. The van der Waals surface area contributed by atoms with Gasteiger partial charge in [-0.1, -0.05) is 50.5 Å². The van der Waals surface area contributed by atoms with Gasteiger partial charge in [0, 0.05) is 5.92 Å². The molecule has 2 rings (SSSR count). The van der Waals surface area contributed by atoms with Crippen LogP contribution in [-0.4, -0.2) is 0 Å². The summed E-state index contributed by atoms with van der Waals surface area (Å²) in [6.45, 7) is 14.3. The van der Waals surface area contributed by atoms with Crippen LogP contribution in [0.5, 0.6) is 0 Å². The van der Waals surface area contributed by atoms with E-state index in [9.17, 15) is 0 Å². The maximum Gasteiger partial charge on any atom is 0.00325 e. The van der Waals surface area contributed by atoms with Gasteiger partial charge >= 0.3 is 0 Å². The topological polar surface area (TPSA) is 0 Å². The van der Waals surface area contributed by atoms with Crippen LogP contribution in [0.25, 0.3) is 0 Å². The van der Waals surface area contributed by atoms with Gasteiger partial charge in [-0.2, -0.15) is 0 Å². The summed E-state index contributed by atoms with van der Waals surface area (Å²) in [6, 6.07) is 0. The van der Waals surface area contributed by atoms with E-state index in [1.807, 2.05) is 0 Å². The first-order valence-corrected chi connectivity index (χ1v) is 8.30. The van der Waals surface area contributed by atoms with Crippen molar-refractivity contribution < 1.29 is 0 Å². The summed E-state index contributed by atoms with van der Waals surface area (Å²) in [5.74, 6) is 5.17. The van der Waals surface area contributed by atoms with E-state index < -0.39 is 0 Å². The summed E-state index contributed by atoms with van der Waals surface area (Å²) in [4.78, 5) is 0. The minimum absolute atomic E-state index is 0.715. The SMILES string of the molecule is C/C=C(\C)[C@@H]1C(C)=C[C@@H]2C[C@H](C)C[C@H](C)[C@@H]2[C@@H]1CC. The van der Waals surface area contributed by atoms with Gasteiger partial charge in [-0.05, 0) is 63.2 Å². The lowest BCUT2D eigenvalue weighted by molar-refractivity contribution is 0.0660. The summed E-state index contributed by atoms with van der Waals surface area (Å²) in [5.41, 5.74) is 3.23. The highest BCUT2D eigenvalue weighted by Gasteiger charge is 2.43. The van der Waals surface area contributed by atoms with Crippen molar-refractivity contribution in [3.05, 3.63) is 23.3 Å². The molecular weight excluding hydrogens is 228 g/mol. The lowest BCUT2D eigenvalue weighted by Crippen LogP contribution is -2.41. The Morgan fingerprint density at radius 3 is 2.58 bits per heavy atom. The first-order chi connectivity index (χ1) is 8.99. The van der Waals surface area contributed by atoms with E-state index in [0.717, 1.165) is 29.6 Å². The Hall–Kier alpha value is -0.520. The minimum atomic E-state index is 0.715. The zero-order valence-electron chi connectivity index (χ0n) is 13.7. The third-order valence-electron chi connectivity index (χ3n) is 5.91. The molecule has 0 heteroatoms. The molecule has 108 valence electrons. The third-order valence-corrected chi connectivity index (χ3v) is 5.91. The van der Waals surface area contributed by atoms with Gasteiger partial charge in [0.2, 0.25) is 0 Å². The van der Waals surface area contributed by atoms with Crippen molar-refractivity contribution in [1.82, 2.24) is 0 Å². The Kier molecular flexibility index (Phi) is 4.58. The molecule has 0 aromatic rings. The number of hydrogen-bond donors (Lipinski definition) is 0. The average Bonchev–Trinajstić information content (AvgIpc) is 2.35. The monoisotopic (exact) mass is 260 g/mol. The van der Waals surface area contributed by atoms with Crippen LogP contribution in [0.2, 0.25) is 0 Å². The molecule has 0 radical (unpaired) electrons. The molecule has 1 saturated carbocycles. The van der Waals surface area contributed by atoms with Crippen molar-refractivity contribution >= 4 is 0 Å². The summed E-state index contributed by atoms with van der Waals surface area (Å²) in [5, 5.41) is 0. The second kappa shape index (κ2) is 5.85. The van der Waals surface area contributed by atoms with Crippen molar-refractivity contribution in [3.8, 4) is 0 Å². The minimum Gasteiger partial charge on any atom is -0.0881 e. The maximum absolute atomic E-state index is 2.64. The van der Waals surface area contributed by atoms with E-state index in [0.29, 0.717) is 5.92 Å². The van der Waals surface area contributed by atoms with Gasteiger partial charge in [-0.15, -0.1) is 0 Å². The molecule has 0 spiro atoms. The third kappa shape index (κ3) is 2.69. The molecule has 0 heterocycles. The highest BCUT2D eigenvalue weighted by atomic mass is 14.5. The van der Waals surface area contributed by atoms with Crippen molar-refractivity contribution in [2.24, 2.45) is 35.5 Å². The predicted octanol–water partition coefficient (Wildman–Crippen LogP) is 5.85. The molecule has 0 nitrogen and oxygen atoms in total. The first kappa shape index (κ1) is 14.9. The van der Waals surface area contributed by atoms with Gasteiger partial charge in [0.25, 0.3) is 0 Å². The molecular formula is C19H32. The van der Waals surface area contributed by atoms with Crippen LogP contribution < -0.4 is 0 Å². The summed E-state index contributed by atoms with van der Waals surface area (Å²) < 4.78 is 0. The number of hydrogen-bond acceptors (Lipinski definition) is 0. The Bertz CT molecular complexity index is 373. The van der Waals surface area contributed by atoms with Gasteiger partial charge < -0.3 is 0 Å². The molecule has 0 aromatic carbocycles. The standard InChI is InChI=1S/C19H32/c1-7-13(4)18-15(6)11-16-10-12(3)9-14(5)19(16)17(18)8-2/h7,11-12,14,16-19H,8-10H2,1-6H3/b13-7+/t12-,14+,16+,17-,18-,19+/m1/s1. The molecule has 2 aliphatic carbocycles. The van der Waals surface area contributed by atoms with E-state index in [4.69, 9.17) is 0 Å². The van der Waals surface area contributed by atoms with E-state index >= 15 is 0 Å². The van der Waals surface area contributed by atoms with E-state index in [2.05, 4.69) is 53.7 Å². The molecule has 0 aliphatic heterocycles. The van der Waals surface area contributed by atoms with Gasteiger partial charge in [0.15, 0.2) is 0 Å². The lowest BCUT2D eigenvalue weighted by atomic mass is 9.56. The molecule has 0 aromatic heterocycles. The molecule has 6 atom stereocenters. The molecule has 0 N–H and O–H groups in total. The number of allylic oxidation sites excluding steroid dienone is 4. The largest absolute Gasteiger partial charge is 0.0881 e. The van der Waals surface area contributed by atoms with Crippen molar-refractivity contribution in [2.45, 2.75) is 60.8 Å². The fraction of sp³-hybridized carbons (Fsp3) is 0.789. The van der Waals surface area contributed by atoms with Crippen LogP contribution in [0.15, 0.2) is 23.3 Å².